The topological polar surface area (TPSA) is 68.0 Å². The second-order valence-corrected chi connectivity index (χ2v) is 4.14. The van der Waals surface area contributed by atoms with Gasteiger partial charge in [0.2, 0.25) is 0 Å². The van der Waals surface area contributed by atoms with Crippen LogP contribution in [0.2, 0.25) is 0 Å². The number of aryl methyl sites for hydroxylation is 1. The zero-order chi connectivity index (χ0) is 13.0. The molecule has 1 aromatic heterocycles. The maximum absolute atomic E-state index is 11.0. The molecule has 0 aliphatic heterocycles. The molecule has 0 bridgehead atoms. The Bertz CT molecular complexity index is 566. The Kier molecular flexibility index (Phi) is 3.57. The smallest absolute Gasteiger partial charge is 0.267 e. The van der Waals surface area contributed by atoms with Crippen molar-refractivity contribution in [3.8, 4) is 0 Å². The summed E-state index contributed by atoms with van der Waals surface area (Å²) in [6.07, 6.45) is 1.57. The van der Waals surface area contributed by atoms with Gasteiger partial charge in [0.15, 0.2) is 0 Å². The summed E-state index contributed by atoms with van der Waals surface area (Å²) >= 11 is 0. The lowest BCUT2D eigenvalue weighted by atomic mass is 10.1. The number of carbonyl (C=O) groups is 1. The molecule has 1 amide bonds. The highest BCUT2D eigenvalue weighted by molar-refractivity contribution is 5.91. The number of carbonyl (C=O) groups excluding carboxylic acids is 1. The maximum Gasteiger partial charge on any atom is 0.267 e. The predicted molar refractivity (Wildman–Crippen MR) is 71.3 cm³/mol. The first-order chi connectivity index (χ1) is 8.65. The van der Waals surface area contributed by atoms with E-state index >= 15 is 0 Å². The molecule has 1 aromatic carbocycles. The van der Waals surface area contributed by atoms with Crippen LogP contribution < -0.4 is 11.1 Å². The molecule has 4 heteroatoms. The van der Waals surface area contributed by atoms with Gasteiger partial charge in [-0.25, -0.2) is 0 Å². The normalized spacial score (nSPS) is 10.1. The van der Waals surface area contributed by atoms with E-state index in [9.17, 15) is 4.79 Å². The number of aromatic nitrogens is 1. The fourth-order valence-electron chi connectivity index (χ4n) is 1.70. The fourth-order valence-corrected chi connectivity index (χ4v) is 1.70. The minimum absolute atomic E-state index is 0.268. The van der Waals surface area contributed by atoms with Crippen LogP contribution in [-0.4, -0.2) is 10.9 Å². The van der Waals surface area contributed by atoms with Crippen LogP contribution in [0.1, 0.15) is 21.6 Å². The second kappa shape index (κ2) is 5.31. The Balaban J connectivity index is 2.06. The molecular weight excluding hydrogens is 226 g/mol. The molecule has 92 valence electrons. The maximum atomic E-state index is 11.0. The third-order valence-corrected chi connectivity index (χ3v) is 2.59. The Morgan fingerprint density at radius 2 is 2.17 bits per heavy atom. The number of nitrogens with zero attached hydrogens (tertiary/aromatic N) is 1. The standard InChI is InChI=1S/C14H15N3O/c1-10-3-2-4-11(7-10)9-17-12-5-6-16-13(8-12)14(15)18/h2-8H,9H2,1H3,(H2,15,18)(H,16,17). The molecule has 0 radical (unpaired) electrons. The zero-order valence-corrected chi connectivity index (χ0v) is 10.2. The molecule has 3 N–H and O–H groups in total. The molecule has 4 nitrogen and oxygen atoms in total. The van der Waals surface area contributed by atoms with Crippen LogP contribution in [0, 0.1) is 6.92 Å². The Morgan fingerprint density at radius 3 is 2.89 bits per heavy atom. The largest absolute Gasteiger partial charge is 0.381 e. The quantitative estimate of drug-likeness (QED) is 0.861. The minimum Gasteiger partial charge on any atom is -0.381 e. The van der Waals surface area contributed by atoms with Gasteiger partial charge in [-0.1, -0.05) is 29.8 Å². The molecule has 0 saturated carbocycles. The van der Waals surface area contributed by atoms with Crippen molar-refractivity contribution in [3.63, 3.8) is 0 Å². The number of hydrogen-bond donors (Lipinski definition) is 2. The van der Waals surface area contributed by atoms with Crippen LogP contribution in [0.4, 0.5) is 5.69 Å². The summed E-state index contributed by atoms with van der Waals surface area (Å²) in [6, 6.07) is 11.7. The summed E-state index contributed by atoms with van der Waals surface area (Å²) < 4.78 is 0. The number of hydrogen-bond acceptors (Lipinski definition) is 3. The van der Waals surface area contributed by atoms with Crippen molar-refractivity contribution in [2.75, 3.05) is 5.32 Å². The Morgan fingerprint density at radius 1 is 1.33 bits per heavy atom. The van der Waals surface area contributed by atoms with Crippen LogP contribution in [-0.2, 0) is 6.54 Å². The summed E-state index contributed by atoms with van der Waals surface area (Å²) in [6.45, 7) is 2.75. The average molecular weight is 241 g/mol. The average Bonchev–Trinajstić information content (AvgIpc) is 2.37. The molecule has 0 saturated heterocycles. The molecule has 0 fully saturated rings. The van der Waals surface area contributed by atoms with Gasteiger partial charge in [-0.15, -0.1) is 0 Å². The lowest BCUT2D eigenvalue weighted by Crippen LogP contribution is -2.13. The monoisotopic (exact) mass is 241 g/mol. The van der Waals surface area contributed by atoms with Gasteiger partial charge in [-0.3, -0.25) is 9.78 Å². The van der Waals surface area contributed by atoms with Crippen LogP contribution in [0.5, 0.6) is 0 Å². The molecule has 2 aromatic rings. The van der Waals surface area contributed by atoms with E-state index in [0.29, 0.717) is 6.54 Å². The number of rotatable bonds is 4. The number of pyridine rings is 1. The van der Waals surface area contributed by atoms with E-state index < -0.39 is 5.91 Å². The molecule has 0 aliphatic rings. The van der Waals surface area contributed by atoms with Crippen molar-refractivity contribution < 1.29 is 4.79 Å². The minimum atomic E-state index is -0.519. The number of primary amides is 1. The van der Waals surface area contributed by atoms with Crippen molar-refractivity contribution in [3.05, 3.63) is 59.4 Å². The van der Waals surface area contributed by atoms with Crippen LogP contribution in [0.15, 0.2) is 42.6 Å². The van der Waals surface area contributed by atoms with Crippen LogP contribution in [0.3, 0.4) is 0 Å². The van der Waals surface area contributed by atoms with E-state index in [0.717, 1.165) is 5.69 Å². The summed E-state index contributed by atoms with van der Waals surface area (Å²) in [5.74, 6) is -0.519. The molecule has 0 spiro atoms. The van der Waals surface area contributed by atoms with Gasteiger partial charge in [-0.2, -0.15) is 0 Å². The van der Waals surface area contributed by atoms with Crippen molar-refractivity contribution in [2.24, 2.45) is 5.73 Å². The zero-order valence-electron chi connectivity index (χ0n) is 10.2. The Labute approximate surface area is 106 Å². The number of amides is 1. The fraction of sp³-hybridized carbons (Fsp3) is 0.143. The van der Waals surface area contributed by atoms with Gasteiger partial charge in [0.1, 0.15) is 5.69 Å². The van der Waals surface area contributed by atoms with Crippen molar-refractivity contribution in [2.45, 2.75) is 13.5 Å². The number of anilines is 1. The van der Waals surface area contributed by atoms with E-state index in [2.05, 4.69) is 35.4 Å². The highest BCUT2D eigenvalue weighted by Gasteiger charge is 2.02. The van der Waals surface area contributed by atoms with E-state index in [-0.39, 0.29) is 5.69 Å². The van der Waals surface area contributed by atoms with Crippen molar-refractivity contribution in [1.82, 2.24) is 4.98 Å². The number of nitrogens with one attached hydrogen (secondary N) is 1. The SMILES string of the molecule is Cc1cccc(CNc2ccnc(C(N)=O)c2)c1. The van der Waals surface area contributed by atoms with Gasteiger partial charge in [0.05, 0.1) is 0 Å². The molecular formula is C14H15N3O. The third-order valence-electron chi connectivity index (χ3n) is 2.59. The highest BCUT2D eigenvalue weighted by atomic mass is 16.1. The summed E-state index contributed by atoms with van der Waals surface area (Å²) in [5, 5.41) is 3.24. The molecule has 18 heavy (non-hydrogen) atoms. The van der Waals surface area contributed by atoms with Crippen LogP contribution in [0.25, 0.3) is 0 Å². The first-order valence-electron chi connectivity index (χ1n) is 5.70. The Hall–Kier alpha value is -2.36. The lowest BCUT2D eigenvalue weighted by Gasteiger charge is -2.07. The number of benzene rings is 1. The first-order valence-corrected chi connectivity index (χ1v) is 5.70. The molecule has 0 atom stereocenters. The highest BCUT2D eigenvalue weighted by Crippen LogP contribution is 2.11. The second-order valence-electron chi connectivity index (χ2n) is 4.14. The van der Waals surface area contributed by atoms with E-state index in [4.69, 9.17) is 5.73 Å². The van der Waals surface area contributed by atoms with Crippen molar-refractivity contribution >= 4 is 11.6 Å². The summed E-state index contributed by atoms with van der Waals surface area (Å²) in [4.78, 5) is 14.9. The predicted octanol–water partition coefficient (Wildman–Crippen LogP) is 2.10. The van der Waals surface area contributed by atoms with Crippen LogP contribution >= 0.6 is 0 Å². The molecule has 1 heterocycles. The van der Waals surface area contributed by atoms with Gasteiger partial charge < -0.3 is 11.1 Å². The van der Waals surface area contributed by atoms with E-state index in [1.807, 2.05) is 12.1 Å². The molecule has 2 rings (SSSR count). The van der Waals surface area contributed by atoms with Gasteiger partial charge in [0.25, 0.3) is 5.91 Å². The van der Waals surface area contributed by atoms with Gasteiger partial charge in [0, 0.05) is 18.4 Å². The van der Waals surface area contributed by atoms with Gasteiger partial charge >= 0.3 is 0 Å². The third kappa shape index (κ3) is 3.07. The molecule has 0 aliphatic carbocycles. The van der Waals surface area contributed by atoms with E-state index in [1.54, 1.807) is 12.3 Å². The lowest BCUT2D eigenvalue weighted by molar-refractivity contribution is 0.0995. The van der Waals surface area contributed by atoms with E-state index in [1.165, 1.54) is 11.1 Å². The molecule has 0 unspecified atom stereocenters. The van der Waals surface area contributed by atoms with Crippen molar-refractivity contribution in [1.29, 1.82) is 0 Å². The first kappa shape index (κ1) is 12.1. The van der Waals surface area contributed by atoms with Gasteiger partial charge in [-0.05, 0) is 24.6 Å². The summed E-state index contributed by atoms with van der Waals surface area (Å²) in [5.41, 5.74) is 8.69. The number of nitrogens with two attached hydrogens (primary N) is 1. The summed E-state index contributed by atoms with van der Waals surface area (Å²) in [7, 11) is 0.